The monoisotopic (exact) mass is 269 g/mol. The molecule has 0 spiro atoms. The zero-order valence-corrected chi connectivity index (χ0v) is 12.3. The molecular weight excluding hydrogens is 246 g/mol. The Morgan fingerprint density at radius 2 is 2.11 bits per heavy atom. The normalized spacial score (nSPS) is 20.8. The maximum absolute atomic E-state index is 5.78. The van der Waals surface area contributed by atoms with E-state index in [4.69, 9.17) is 10.5 Å². The predicted molar refractivity (Wildman–Crippen MR) is 78.8 cm³/mol. The quantitative estimate of drug-likeness (QED) is 0.911. The first-order valence-electron chi connectivity index (χ1n) is 6.45. The number of hydrogen-bond acceptors (Lipinski definition) is 2. The molecule has 1 aromatic carbocycles. The highest BCUT2D eigenvalue weighted by Gasteiger charge is 2.35. The summed E-state index contributed by atoms with van der Waals surface area (Å²) in [7, 11) is 1.73. The van der Waals surface area contributed by atoms with Crippen LogP contribution in [0.25, 0.3) is 0 Å². The highest BCUT2D eigenvalue weighted by atomic mass is 35.5. The van der Waals surface area contributed by atoms with Crippen LogP contribution in [0.4, 0.5) is 0 Å². The Hall–Kier alpha value is -0.730. The minimum absolute atomic E-state index is 0. The van der Waals surface area contributed by atoms with Gasteiger partial charge in [0.2, 0.25) is 0 Å². The third kappa shape index (κ3) is 2.81. The number of fused-ring (bicyclic) bond motifs is 1. The van der Waals surface area contributed by atoms with Gasteiger partial charge < -0.3 is 10.5 Å². The van der Waals surface area contributed by atoms with Crippen molar-refractivity contribution >= 4 is 12.4 Å². The third-order valence-corrected chi connectivity index (χ3v) is 4.17. The molecular formula is C15H24ClNO. The van der Waals surface area contributed by atoms with Gasteiger partial charge in [0.1, 0.15) is 5.75 Å². The van der Waals surface area contributed by atoms with Crippen molar-refractivity contribution in [3.8, 4) is 5.75 Å². The molecule has 1 aliphatic carbocycles. The minimum atomic E-state index is 0. The smallest absolute Gasteiger partial charge is 0.119 e. The molecule has 18 heavy (non-hydrogen) atoms. The van der Waals surface area contributed by atoms with Crippen molar-refractivity contribution in [2.75, 3.05) is 13.7 Å². The standard InChI is InChI=1S/C15H23NO.ClH/c1-15(2)8-6-11-4-5-12(17-3)10-13(11)14(15)7-9-16;/h4-5,10,14H,6-9,16H2,1-3H3;1H. The maximum Gasteiger partial charge on any atom is 0.119 e. The van der Waals surface area contributed by atoms with Crippen molar-refractivity contribution in [2.45, 2.75) is 39.0 Å². The van der Waals surface area contributed by atoms with Crippen LogP contribution in [0.2, 0.25) is 0 Å². The number of benzene rings is 1. The van der Waals surface area contributed by atoms with Gasteiger partial charge in [-0.2, -0.15) is 0 Å². The summed E-state index contributed by atoms with van der Waals surface area (Å²) in [5.74, 6) is 1.52. The number of nitrogens with two attached hydrogens (primary N) is 1. The van der Waals surface area contributed by atoms with Crippen LogP contribution in [0.5, 0.6) is 5.75 Å². The first-order valence-corrected chi connectivity index (χ1v) is 6.45. The minimum Gasteiger partial charge on any atom is -0.497 e. The summed E-state index contributed by atoms with van der Waals surface area (Å²) in [6.45, 7) is 5.47. The van der Waals surface area contributed by atoms with Gasteiger partial charge in [0.05, 0.1) is 7.11 Å². The molecule has 0 radical (unpaired) electrons. The van der Waals surface area contributed by atoms with Crippen molar-refractivity contribution in [2.24, 2.45) is 11.1 Å². The van der Waals surface area contributed by atoms with E-state index in [1.807, 2.05) is 0 Å². The molecule has 0 fully saturated rings. The van der Waals surface area contributed by atoms with Crippen molar-refractivity contribution in [3.05, 3.63) is 29.3 Å². The van der Waals surface area contributed by atoms with E-state index in [2.05, 4.69) is 32.0 Å². The zero-order valence-electron chi connectivity index (χ0n) is 11.5. The van der Waals surface area contributed by atoms with Crippen LogP contribution in [0.1, 0.15) is 43.7 Å². The first-order chi connectivity index (χ1) is 8.08. The number of aryl methyl sites for hydroxylation is 1. The summed E-state index contributed by atoms with van der Waals surface area (Å²) in [6.07, 6.45) is 3.48. The summed E-state index contributed by atoms with van der Waals surface area (Å²) in [5.41, 5.74) is 9.05. The average molecular weight is 270 g/mol. The van der Waals surface area contributed by atoms with Gasteiger partial charge in [0.25, 0.3) is 0 Å². The van der Waals surface area contributed by atoms with E-state index in [1.54, 1.807) is 7.11 Å². The van der Waals surface area contributed by atoms with Gasteiger partial charge in [-0.3, -0.25) is 0 Å². The molecule has 1 atom stereocenters. The average Bonchev–Trinajstić information content (AvgIpc) is 2.32. The number of hydrogen-bond donors (Lipinski definition) is 1. The fraction of sp³-hybridized carbons (Fsp3) is 0.600. The lowest BCUT2D eigenvalue weighted by atomic mass is 9.65. The molecule has 102 valence electrons. The van der Waals surface area contributed by atoms with Gasteiger partial charge >= 0.3 is 0 Å². The molecule has 0 aliphatic heterocycles. The van der Waals surface area contributed by atoms with Gasteiger partial charge in [-0.05, 0) is 60.4 Å². The molecule has 1 aromatic rings. The SMILES string of the molecule is COc1ccc2c(c1)C(CCN)C(C)(C)CC2.Cl. The van der Waals surface area contributed by atoms with Crippen LogP contribution in [0.3, 0.4) is 0 Å². The Kier molecular flexibility index (Phi) is 5.06. The second-order valence-electron chi connectivity index (χ2n) is 5.68. The molecule has 2 rings (SSSR count). The van der Waals surface area contributed by atoms with Gasteiger partial charge in [0.15, 0.2) is 0 Å². The Bertz CT molecular complexity index is 403. The molecule has 0 saturated carbocycles. The van der Waals surface area contributed by atoms with E-state index in [0.717, 1.165) is 18.7 Å². The Labute approximate surface area is 116 Å². The third-order valence-electron chi connectivity index (χ3n) is 4.17. The topological polar surface area (TPSA) is 35.2 Å². The number of halogens is 1. The number of rotatable bonds is 3. The van der Waals surface area contributed by atoms with E-state index in [1.165, 1.54) is 24.0 Å². The lowest BCUT2D eigenvalue weighted by Gasteiger charge is -2.40. The summed E-state index contributed by atoms with van der Waals surface area (Å²) in [5, 5.41) is 0. The van der Waals surface area contributed by atoms with Crippen LogP contribution in [-0.4, -0.2) is 13.7 Å². The predicted octanol–water partition coefficient (Wildman–Crippen LogP) is 3.52. The van der Waals surface area contributed by atoms with Crippen LogP contribution in [0, 0.1) is 5.41 Å². The van der Waals surface area contributed by atoms with Crippen LogP contribution in [0.15, 0.2) is 18.2 Å². The number of methoxy groups -OCH3 is 1. The molecule has 0 heterocycles. The molecule has 0 aromatic heterocycles. The summed E-state index contributed by atoms with van der Waals surface area (Å²) in [4.78, 5) is 0. The molecule has 0 bridgehead atoms. The van der Waals surface area contributed by atoms with E-state index in [9.17, 15) is 0 Å². The fourth-order valence-electron chi connectivity index (χ4n) is 3.02. The second-order valence-corrected chi connectivity index (χ2v) is 5.68. The van der Waals surface area contributed by atoms with Crippen LogP contribution < -0.4 is 10.5 Å². The highest BCUT2D eigenvalue weighted by molar-refractivity contribution is 5.85. The Morgan fingerprint density at radius 3 is 2.72 bits per heavy atom. The fourth-order valence-corrected chi connectivity index (χ4v) is 3.02. The molecule has 1 unspecified atom stereocenters. The van der Waals surface area contributed by atoms with Crippen molar-refractivity contribution < 1.29 is 4.74 Å². The lowest BCUT2D eigenvalue weighted by Crippen LogP contribution is -2.30. The van der Waals surface area contributed by atoms with E-state index in [0.29, 0.717) is 11.3 Å². The van der Waals surface area contributed by atoms with Crippen molar-refractivity contribution in [3.63, 3.8) is 0 Å². The lowest BCUT2D eigenvalue weighted by molar-refractivity contribution is 0.235. The molecule has 2 nitrogen and oxygen atoms in total. The summed E-state index contributed by atoms with van der Waals surface area (Å²) < 4.78 is 5.34. The molecule has 0 amide bonds. The van der Waals surface area contributed by atoms with Crippen LogP contribution in [-0.2, 0) is 6.42 Å². The summed E-state index contributed by atoms with van der Waals surface area (Å²) in [6, 6.07) is 6.49. The molecule has 2 N–H and O–H groups in total. The van der Waals surface area contributed by atoms with Crippen molar-refractivity contribution in [1.29, 1.82) is 0 Å². The van der Waals surface area contributed by atoms with E-state index in [-0.39, 0.29) is 12.4 Å². The largest absolute Gasteiger partial charge is 0.497 e. The zero-order chi connectivity index (χ0) is 12.5. The van der Waals surface area contributed by atoms with E-state index < -0.39 is 0 Å². The van der Waals surface area contributed by atoms with Gasteiger partial charge in [-0.1, -0.05) is 19.9 Å². The molecule has 3 heteroatoms. The highest BCUT2D eigenvalue weighted by Crippen LogP contribution is 2.47. The summed E-state index contributed by atoms with van der Waals surface area (Å²) >= 11 is 0. The van der Waals surface area contributed by atoms with Gasteiger partial charge in [-0.25, -0.2) is 0 Å². The second kappa shape index (κ2) is 5.94. The van der Waals surface area contributed by atoms with Gasteiger partial charge in [-0.15, -0.1) is 12.4 Å². The van der Waals surface area contributed by atoms with Gasteiger partial charge in [0, 0.05) is 0 Å². The Morgan fingerprint density at radius 1 is 1.39 bits per heavy atom. The molecule has 1 aliphatic rings. The maximum atomic E-state index is 5.78. The molecule has 0 saturated heterocycles. The van der Waals surface area contributed by atoms with Crippen LogP contribution >= 0.6 is 12.4 Å². The Balaban J connectivity index is 0.00000162. The van der Waals surface area contributed by atoms with Crippen molar-refractivity contribution in [1.82, 2.24) is 0 Å². The van der Waals surface area contributed by atoms with E-state index >= 15 is 0 Å². The number of ether oxygens (including phenoxy) is 1. The first kappa shape index (κ1) is 15.3.